The number of carbonyl (C=O) groups is 1. The van der Waals surface area contributed by atoms with Gasteiger partial charge in [0.25, 0.3) is 0 Å². The Morgan fingerprint density at radius 3 is 2.38 bits per heavy atom. The van der Waals surface area contributed by atoms with Crippen LogP contribution in [0.1, 0.15) is 44.4 Å². The number of benzene rings is 1. The molecule has 0 aromatic heterocycles. The number of nitrogens with one attached hydrogen (secondary N) is 1. The Morgan fingerprint density at radius 1 is 1.29 bits per heavy atom. The third kappa shape index (κ3) is 5.71. The zero-order valence-electron chi connectivity index (χ0n) is 13.6. The first-order chi connectivity index (χ1) is 9.99. The van der Waals surface area contributed by atoms with Gasteiger partial charge < -0.3 is 11.1 Å². The van der Waals surface area contributed by atoms with Gasteiger partial charge in [-0.15, -0.1) is 0 Å². The van der Waals surface area contributed by atoms with Gasteiger partial charge in [-0.1, -0.05) is 45.0 Å². The number of hydrogen-bond acceptors (Lipinski definition) is 3. The molecule has 0 aliphatic carbocycles. The first-order valence-electron chi connectivity index (χ1n) is 7.63. The first kappa shape index (κ1) is 18.1. The van der Waals surface area contributed by atoms with Gasteiger partial charge in [0.15, 0.2) is 0 Å². The quantitative estimate of drug-likeness (QED) is 0.775. The number of rotatable bonds is 8. The maximum atomic E-state index is 12.2. The molecule has 0 spiro atoms. The van der Waals surface area contributed by atoms with Crippen LogP contribution in [0.5, 0.6) is 0 Å². The van der Waals surface area contributed by atoms with Crippen molar-refractivity contribution < 1.29 is 4.79 Å². The fourth-order valence-corrected chi connectivity index (χ4v) is 2.72. The van der Waals surface area contributed by atoms with Gasteiger partial charge in [0.1, 0.15) is 0 Å². The Hall–Kier alpha value is -1.00. The van der Waals surface area contributed by atoms with E-state index in [1.54, 1.807) is 11.8 Å². The molecule has 0 aliphatic heterocycles. The molecule has 3 nitrogen and oxygen atoms in total. The van der Waals surface area contributed by atoms with E-state index < -0.39 is 6.04 Å². The van der Waals surface area contributed by atoms with Gasteiger partial charge in [-0.25, -0.2) is 0 Å². The van der Waals surface area contributed by atoms with Crippen LogP contribution in [-0.2, 0) is 11.2 Å². The summed E-state index contributed by atoms with van der Waals surface area (Å²) < 4.78 is 0. The van der Waals surface area contributed by atoms with Crippen molar-refractivity contribution in [2.24, 2.45) is 11.7 Å². The third-order valence-electron chi connectivity index (χ3n) is 3.68. The van der Waals surface area contributed by atoms with Crippen LogP contribution in [0.15, 0.2) is 24.3 Å². The monoisotopic (exact) mass is 308 g/mol. The van der Waals surface area contributed by atoms with E-state index in [4.69, 9.17) is 5.73 Å². The molecule has 1 amide bonds. The van der Waals surface area contributed by atoms with Crippen molar-refractivity contribution in [2.75, 3.05) is 12.0 Å². The summed E-state index contributed by atoms with van der Waals surface area (Å²) in [6, 6.07) is 8.07. The van der Waals surface area contributed by atoms with Gasteiger partial charge in [-0.3, -0.25) is 4.79 Å². The van der Waals surface area contributed by atoms with Crippen LogP contribution in [-0.4, -0.2) is 24.0 Å². The summed E-state index contributed by atoms with van der Waals surface area (Å²) in [5.41, 5.74) is 8.41. The minimum absolute atomic E-state index is 0.0173. The molecule has 3 N–H and O–H groups in total. The van der Waals surface area contributed by atoms with E-state index in [1.807, 2.05) is 6.26 Å². The molecule has 0 saturated carbocycles. The van der Waals surface area contributed by atoms with Crippen molar-refractivity contribution in [1.29, 1.82) is 0 Å². The van der Waals surface area contributed by atoms with Crippen LogP contribution in [0.3, 0.4) is 0 Å². The molecule has 1 unspecified atom stereocenters. The molecule has 1 aromatic carbocycles. The van der Waals surface area contributed by atoms with Crippen molar-refractivity contribution in [1.82, 2.24) is 5.32 Å². The van der Waals surface area contributed by atoms with E-state index >= 15 is 0 Å². The van der Waals surface area contributed by atoms with Crippen LogP contribution in [0, 0.1) is 5.92 Å². The molecule has 0 heterocycles. The zero-order valence-corrected chi connectivity index (χ0v) is 14.4. The summed E-state index contributed by atoms with van der Waals surface area (Å²) in [6.45, 7) is 6.37. The lowest BCUT2D eigenvalue weighted by atomic mass is 9.94. The molecule has 2 atom stereocenters. The SMILES string of the molecule is CCc1ccc(C(NC(=O)[C@@H](N)CCSC)C(C)C)cc1. The van der Waals surface area contributed by atoms with E-state index in [0.29, 0.717) is 12.3 Å². The number of thioether (sulfide) groups is 1. The summed E-state index contributed by atoms with van der Waals surface area (Å²) in [7, 11) is 0. The number of carbonyl (C=O) groups excluding carboxylic acids is 1. The van der Waals surface area contributed by atoms with E-state index in [-0.39, 0.29) is 11.9 Å². The zero-order chi connectivity index (χ0) is 15.8. The van der Waals surface area contributed by atoms with Crippen molar-refractivity contribution in [3.63, 3.8) is 0 Å². The molecule has 21 heavy (non-hydrogen) atoms. The molecule has 4 heteroatoms. The second-order valence-electron chi connectivity index (χ2n) is 5.71. The lowest BCUT2D eigenvalue weighted by molar-refractivity contribution is -0.123. The molecule has 1 aromatic rings. The highest BCUT2D eigenvalue weighted by molar-refractivity contribution is 7.98. The van der Waals surface area contributed by atoms with Crippen LogP contribution >= 0.6 is 11.8 Å². The topological polar surface area (TPSA) is 55.1 Å². The Kier molecular flexibility index (Phi) is 7.83. The number of hydrogen-bond donors (Lipinski definition) is 2. The summed E-state index contributed by atoms with van der Waals surface area (Å²) >= 11 is 1.71. The van der Waals surface area contributed by atoms with Crippen molar-refractivity contribution in [3.05, 3.63) is 35.4 Å². The van der Waals surface area contributed by atoms with Gasteiger partial charge >= 0.3 is 0 Å². The van der Waals surface area contributed by atoms with Crippen molar-refractivity contribution in [2.45, 2.75) is 45.7 Å². The summed E-state index contributed by atoms with van der Waals surface area (Å²) in [5, 5.41) is 3.11. The van der Waals surface area contributed by atoms with E-state index in [2.05, 4.69) is 50.4 Å². The second-order valence-corrected chi connectivity index (χ2v) is 6.70. The molecular weight excluding hydrogens is 280 g/mol. The van der Waals surface area contributed by atoms with E-state index in [1.165, 1.54) is 5.56 Å². The second kappa shape index (κ2) is 9.11. The van der Waals surface area contributed by atoms with E-state index in [0.717, 1.165) is 17.7 Å². The molecule has 0 aliphatic rings. The fraction of sp³-hybridized carbons (Fsp3) is 0.588. The molecule has 0 radical (unpaired) electrons. The maximum absolute atomic E-state index is 12.2. The molecule has 0 saturated heterocycles. The van der Waals surface area contributed by atoms with Gasteiger partial charge in [0.2, 0.25) is 5.91 Å². The van der Waals surface area contributed by atoms with Gasteiger partial charge in [-0.2, -0.15) is 11.8 Å². The average molecular weight is 308 g/mol. The van der Waals surface area contributed by atoms with Crippen molar-refractivity contribution in [3.8, 4) is 0 Å². The van der Waals surface area contributed by atoms with E-state index in [9.17, 15) is 4.79 Å². The van der Waals surface area contributed by atoms with Crippen LogP contribution in [0.2, 0.25) is 0 Å². The lowest BCUT2D eigenvalue weighted by Gasteiger charge is -2.25. The number of aryl methyl sites for hydroxylation is 1. The highest BCUT2D eigenvalue weighted by Crippen LogP contribution is 2.22. The Morgan fingerprint density at radius 2 is 1.90 bits per heavy atom. The van der Waals surface area contributed by atoms with Crippen LogP contribution < -0.4 is 11.1 Å². The predicted octanol–water partition coefficient (Wildman–Crippen LogP) is 3.14. The summed E-state index contributed by atoms with van der Waals surface area (Å²) in [5.74, 6) is 1.18. The third-order valence-corrected chi connectivity index (χ3v) is 4.33. The summed E-state index contributed by atoms with van der Waals surface area (Å²) in [6.07, 6.45) is 3.77. The Balaban J connectivity index is 2.75. The van der Waals surface area contributed by atoms with Gasteiger partial charge in [-0.05, 0) is 41.9 Å². The molecular formula is C17H28N2OS. The van der Waals surface area contributed by atoms with Crippen LogP contribution in [0.4, 0.5) is 0 Å². The minimum Gasteiger partial charge on any atom is -0.348 e. The van der Waals surface area contributed by atoms with Crippen LogP contribution in [0.25, 0.3) is 0 Å². The summed E-state index contributed by atoms with van der Waals surface area (Å²) in [4.78, 5) is 12.2. The smallest absolute Gasteiger partial charge is 0.237 e. The minimum atomic E-state index is -0.423. The molecule has 0 bridgehead atoms. The normalized spacial score (nSPS) is 14.0. The van der Waals surface area contributed by atoms with Gasteiger partial charge in [0, 0.05) is 0 Å². The number of amides is 1. The largest absolute Gasteiger partial charge is 0.348 e. The lowest BCUT2D eigenvalue weighted by Crippen LogP contribution is -2.43. The van der Waals surface area contributed by atoms with Gasteiger partial charge in [0.05, 0.1) is 12.1 Å². The predicted molar refractivity (Wildman–Crippen MR) is 92.5 cm³/mol. The fourth-order valence-electron chi connectivity index (χ4n) is 2.23. The maximum Gasteiger partial charge on any atom is 0.237 e. The Bertz CT molecular complexity index is 431. The highest BCUT2D eigenvalue weighted by Gasteiger charge is 2.21. The molecule has 0 fully saturated rings. The number of nitrogens with two attached hydrogens (primary N) is 1. The standard InChI is InChI=1S/C17H28N2OS/c1-5-13-6-8-14(9-7-13)16(12(2)3)19-17(20)15(18)10-11-21-4/h6-9,12,15-16H,5,10-11,18H2,1-4H3,(H,19,20)/t15-,16?/m0/s1. The Labute approximate surface area is 133 Å². The van der Waals surface area contributed by atoms with Crippen molar-refractivity contribution >= 4 is 17.7 Å². The molecule has 1 rings (SSSR count). The first-order valence-corrected chi connectivity index (χ1v) is 9.02. The average Bonchev–Trinajstić information content (AvgIpc) is 2.49. The highest BCUT2D eigenvalue weighted by atomic mass is 32.2. The molecule has 118 valence electrons.